The molecule has 0 bridgehead atoms. The SMILES string of the molecule is NC1(c2noc(C3CCN(c4ccccc4Br)C3=O)n2)CCC1. The topological polar surface area (TPSA) is 85.2 Å². The van der Waals surface area contributed by atoms with Crippen LogP contribution in [-0.2, 0) is 10.3 Å². The van der Waals surface area contributed by atoms with Crippen LogP contribution in [0.3, 0.4) is 0 Å². The molecular formula is C16H17BrN4O2. The van der Waals surface area contributed by atoms with E-state index in [2.05, 4.69) is 26.1 Å². The summed E-state index contributed by atoms with van der Waals surface area (Å²) in [6.07, 6.45) is 3.49. The van der Waals surface area contributed by atoms with Crippen molar-refractivity contribution in [2.24, 2.45) is 5.73 Å². The van der Waals surface area contributed by atoms with E-state index in [9.17, 15) is 4.79 Å². The fourth-order valence-corrected chi connectivity index (χ4v) is 3.68. The summed E-state index contributed by atoms with van der Waals surface area (Å²) in [5.41, 5.74) is 6.63. The highest BCUT2D eigenvalue weighted by Crippen LogP contribution is 2.39. The summed E-state index contributed by atoms with van der Waals surface area (Å²) in [6, 6.07) is 7.69. The molecule has 7 heteroatoms. The van der Waals surface area contributed by atoms with E-state index >= 15 is 0 Å². The Balaban J connectivity index is 1.57. The minimum absolute atomic E-state index is 0.00761. The Bertz CT molecular complexity index is 756. The third-order valence-corrected chi connectivity index (χ3v) is 5.45. The average molecular weight is 377 g/mol. The highest BCUT2D eigenvalue weighted by molar-refractivity contribution is 9.10. The number of rotatable bonds is 3. The van der Waals surface area contributed by atoms with Gasteiger partial charge in [0.15, 0.2) is 5.82 Å². The smallest absolute Gasteiger partial charge is 0.239 e. The van der Waals surface area contributed by atoms with Crippen LogP contribution < -0.4 is 10.6 Å². The van der Waals surface area contributed by atoms with Crippen LogP contribution in [0.4, 0.5) is 5.69 Å². The van der Waals surface area contributed by atoms with Gasteiger partial charge in [0.05, 0.1) is 11.2 Å². The normalized spacial score (nSPS) is 23.1. The molecule has 0 spiro atoms. The Morgan fingerprint density at radius 3 is 2.83 bits per heavy atom. The summed E-state index contributed by atoms with van der Waals surface area (Å²) in [6.45, 7) is 0.637. The zero-order valence-electron chi connectivity index (χ0n) is 12.5. The van der Waals surface area contributed by atoms with Gasteiger partial charge in [0.25, 0.3) is 0 Å². The van der Waals surface area contributed by atoms with Gasteiger partial charge in [0, 0.05) is 11.0 Å². The van der Waals surface area contributed by atoms with Gasteiger partial charge in [0.2, 0.25) is 11.8 Å². The van der Waals surface area contributed by atoms with Crippen LogP contribution in [0, 0.1) is 0 Å². The number of carbonyl (C=O) groups is 1. The van der Waals surface area contributed by atoms with Crippen LogP contribution in [-0.4, -0.2) is 22.6 Å². The molecule has 0 radical (unpaired) electrons. The maximum atomic E-state index is 12.7. The minimum Gasteiger partial charge on any atom is -0.338 e. The molecule has 2 aliphatic rings. The fourth-order valence-electron chi connectivity index (χ4n) is 3.18. The molecule has 1 aliphatic carbocycles. The van der Waals surface area contributed by atoms with Crippen LogP contribution in [0.5, 0.6) is 0 Å². The molecule has 1 saturated carbocycles. The van der Waals surface area contributed by atoms with Gasteiger partial charge >= 0.3 is 0 Å². The second-order valence-corrected chi connectivity index (χ2v) is 7.10. The van der Waals surface area contributed by atoms with Crippen molar-refractivity contribution in [3.05, 3.63) is 40.5 Å². The van der Waals surface area contributed by atoms with Crippen molar-refractivity contribution < 1.29 is 9.32 Å². The molecule has 2 heterocycles. The number of carbonyl (C=O) groups excluding carboxylic acids is 1. The second-order valence-electron chi connectivity index (χ2n) is 6.25. The van der Waals surface area contributed by atoms with Crippen LogP contribution >= 0.6 is 15.9 Å². The molecule has 1 amide bonds. The molecule has 2 fully saturated rings. The summed E-state index contributed by atoms with van der Waals surface area (Å²) in [5.74, 6) is 0.529. The molecule has 1 aliphatic heterocycles. The lowest BCUT2D eigenvalue weighted by Gasteiger charge is -2.34. The maximum absolute atomic E-state index is 12.7. The number of nitrogens with zero attached hydrogens (tertiary/aromatic N) is 3. The van der Waals surface area contributed by atoms with Gasteiger partial charge in [0.1, 0.15) is 5.92 Å². The quantitative estimate of drug-likeness (QED) is 0.889. The van der Waals surface area contributed by atoms with Crippen LogP contribution in [0.1, 0.15) is 43.3 Å². The van der Waals surface area contributed by atoms with Crippen LogP contribution in [0.15, 0.2) is 33.3 Å². The number of halogens is 1. The molecule has 1 aromatic carbocycles. The van der Waals surface area contributed by atoms with E-state index in [4.69, 9.17) is 10.3 Å². The third kappa shape index (κ3) is 2.38. The molecule has 2 N–H and O–H groups in total. The minimum atomic E-state index is -0.467. The monoisotopic (exact) mass is 376 g/mol. The predicted molar refractivity (Wildman–Crippen MR) is 87.9 cm³/mol. The molecule has 1 aromatic heterocycles. The van der Waals surface area contributed by atoms with E-state index in [1.54, 1.807) is 4.90 Å². The average Bonchev–Trinajstić information content (AvgIpc) is 3.12. The summed E-state index contributed by atoms with van der Waals surface area (Å²) in [5, 5.41) is 4.01. The van der Waals surface area contributed by atoms with Gasteiger partial charge in [-0.05, 0) is 53.7 Å². The van der Waals surface area contributed by atoms with Crippen molar-refractivity contribution in [2.75, 3.05) is 11.4 Å². The second kappa shape index (κ2) is 5.42. The molecular weight excluding hydrogens is 360 g/mol. The van der Waals surface area contributed by atoms with E-state index < -0.39 is 5.54 Å². The van der Waals surface area contributed by atoms with Crippen molar-refractivity contribution in [2.45, 2.75) is 37.1 Å². The number of hydrogen-bond donors (Lipinski definition) is 1. The van der Waals surface area contributed by atoms with Gasteiger partial charge in [-0.3, -0.25) is 4.79 Å². The first-order valence-corrected chi connectivity index (χ1v) is 8.57. The highest BCUT2D eigenvalue weighted by atomic mass is 79.9. The van der Waals surface area contributed by atoms with E-state index in [0.29, 0.717) is 24.7 Å². The van der Waals surface area contributed by atoms with Gasteiger partial charge < -0.3 is 15.2 Å². The molecule has 6 nitrogen and oxygen atoms in total. The number of aromatic nitrogens is 2. The lowest BCUT2D eigenvalue weighted by Crippen LogP contribution is -2.44. The Morgan fingerprint density at radius 1 is 1.35 bits per heavy atom. The van der Waals surface area contributed by atoms with E-state index in [0.717, 1.165) is 29.4 Å². The molecule has 120 valence electrons. The van der Waals surface area contributed by atoms with Gasteiger partial charge in [-0.25, -0.2) is 0 Å². The molecule has 1 unspecified atom stereocenters. The van der Waals surface area contributed by atoms with Gasteiger partial charge in [-0.15, -0.1) is 0 Å². The molecule has 2 aromatic rings. The first-order chi connectivity index (χ1) is 11.1. The Labute approximate surface area is 142 Å². The standard InChI is InChI=1S/C16H17BrN4O2/c17-11-4-1-2-5-12(11)21-9-6-10(14(21)22)13-19-15(20-23-13)16(18)7-3-8-16/h1-2,4-5,10H,3,6-9,18H2. The fraction of sp³-hybridized carbons (Fsp3) is 0.438. The highest BCUT2D eigenvalue weighted by Gasteiger charge is 2.42. The van der Waals surface area contributed by atoms with E-state index in [1.807, 2.05) is 24.3 Å². The molecule has 4 rings (SSSR count). The lowest BCUT2D eigenvalue weighted by atomic mass is 9.77. The number of anilines is 1. The van der Waals surface area contributed by atoms with E-state index in [1.165, 1.54) is 0 Å². The molecule has 23 heavy (non-hydrogen) atoms. The lowest BCUT2D eigenvalue weighted by molar-refractivity contribution is -0.118. The molecule has 1 saturated heterocycles. The van der Waals surface area contributed by atoms with Crippen LogP contribution in [0.2, 0.25) is 0 Å². The van der Waals surface area contributed by atoms with E-state index in [-0.39, 0.29) is 11.8 Å². The maximum Gasteiger partial charge on any atom is 0.239 e. The first-order valence-electron chi connectivity index (χ1n) is 7.77. The molecule has 1 atom stereocenters. The van der Waals surface area contributed by atoms with Crippen molar-refractivity contribution in [3.63, 3.8) is 0 Å². The predicted octanol–water partition coefficient (Wildman–Crippen LogP) is 2.69. The van der Waals surface area contributed by atoms with Gasteiger partial charge in [-0.1, -0.05) is 17.3 Å². The van der Waals surface area contributed by atoms with Crippen molar-refractivity contribution in [1.29, 1.82) is 0 Å². The zero-order chi connectivity index (χ0) is 16.0. The number of nitrogens with two attached hydrogens (primary N) is 1. The zero-order valence-corrected chi connectivity index (χ0v) is 14.1. The Kier molecular flexibility index (Phi) is 3.50. The summed E-state index contributed by atoms with van der Waals surface area (Å²) >= 11 is 3.50. The largest absolute Gasteiger partial charge is 0.338 e. The third-order valence-electron chi connectivity index (χ3n) is 4.78. The van der Waals surface area contributed by atoms with Crippen molar-refractivity contribution in [3.8, 4) is 0 Å². The summed E-state index contributed by atoms with van der Waals surface area (Å²) in [4.78, 5) is 18.9. The van der Waals surface area contributed by atoms with Crippen molar-refractivity contribution in [1.82, 2.24) is 10.1 Å². The number of hydrogen-bond acceptors (Lipinski definition) is 5. The van der Waals surface area contributed by atoms with Crippen molar-refractivity contribution >= 4 is 27.5 Å². The number of benzene rings is 1. The number of para-hydroxylation sites is 1. The first kappa shape index (κ1) is 14.8. The Hall–Kier alpha value is -1.73. The number of amides is 1. The van der Waals surface area contributed by atoms with Gasteiger partial charge in [-0.2, -0.15) is 4.98 Å². The Morgan fingerprint density at radius 2 is 2.13 bits per heavy atom. The van der Waals surface area contributed by atoms with Crippen LogP contribution in [0.25, 0.3) is 0 Å². The summed E-state index contributed by atoms with van der Waals surface area (Å²) < 4.78 is 6.25. The summed E-state index contributed by atoms with van der Waals surface area (Å²) in [7, 11) is 0.